The van der Waals surface area contributed by atoms with Crippen molar-refractivity contribution in [2.24, 2.45) is 0 Å². The third kappa shape index (κ3) is 3.48. The topological polar surface area (TPSA) is 86.8 Å². The number of nitrogens with one attached hydrogen (secondary N) is 2. The zero-order valence-electron chi connectivity index (χ0n) is 16.0. The molecule has 0 spiro atoms. The summed E-state index contributed by atoms with van der Waals surface area (Å²) in [6.45, 7) is 1.32. The van der Waals surface area contributed by atoms with Crippen molar-refractivity contribution in [2.75, 3.05) is 16.8 Å². The summed E-state index contributed by atoms with van der Waals surface area (Å²) in [6, 6.07) is 13.6. The molecule has 1 aliphatic rings. The van der Waals surface area contributed by atoms with Crippen molar-refractivity contribution in [3.05, 3.63) is 77.6 Å². The van der Waals surface area contributed by atoms with Crippen LogP contribution in [0.25, 0.3) is 10.8 Å². The minimum atomic E-state index is -0.302. The number of aromatic amines is 1. The molecule has 30 heavy (non-hydrogen) atoms. The second-order valence-corrected chi connectivity index (χ2v) is 7.73. The molecule has 1 atom stereocenters. The monoisotopic (exact) mass is 418 g/mol. The number of halogens is 1. The van der Waals surface area contributed by atoms with Gasteiger partial charge in [-0.3, -0.25) is 14.9 Å². The average Bonchev–Trinajstić information content (AvgIpc) is 3.27. The largest absolute Gasteiger partial charge is 0.364 e. The van der Waals surface area contributed by atoms with Crippen LogP contribution in [0.15, 0.2) is 61.2 Å². The summed E-state index contributed by atoms with van der Waals surface area (Å²) in [7, 11) is 0. The number of hydrogen-bond donors (Lipinski definition) is 2. The number of rotatable bonds is 4. The molecular formula is C22H19ClN6O. The predicted molar refractivity (Wildman–Crippen MR) is 117 cm³/mol. The Balaban J connectivity index is 1.45. The van der Waals surface area contributed by atoms with Gasteiger partial charge in [0.05, 0.1) is 24.3 Å². The van der Waals surface area contributed by atoms with Gasteiger partial charge in [-0.2, -0.15) is 5.10 Å². The molecule has 0 saturated carbocycles. The number of carbonyl (C=O) groups is 1. The molecule has 4 aromatic rings. The van der Waals surface area contributed by atoms with Crippen LogP contribution in [0, 0.1) is 0 Å². The molecule has 7 nitrogen and oxygen atoms in total. The van der Waals surface area contributed by atoms with Gasteiger partial charge in [-0.25, -0.2) is 4.98 Å². The number of benzene rings is 2. The molecule has 2 N–H and O–H groups in total. The third-order valence-electron chi connectivity index (χ3n) is 5.44. The fourth-order valence-electron chi connectivity index (χ4n) is 4.01. The highest BCUT2D eigenvalue weighted by Crippen LogP contribution is 2.38. The maximum absolute atomic E-state index is 13.3. The van der Waals surface area contributed by atoms with Crippen LogP contribution in [0.2, 0.25) is 5.02 Å². The van der Waals surface area contributed by atoms with Crippen LogP contribution in [0.1, 0.15) is 23.7 Å². The van der Waals surface area contributed by atoms with Crippen molar-refractivity contribution < 1.29 is 4.79 Å². The van der Waals surface area contributed by atoms with Crippen LogP contribution in [0.4, 0.5) is 11.4 Å². The summed E-state index contributed by atoms with van der Waals surface area (Å²) in [5.74, 6) is 0.417. The van der Waals surface area contributed by atoms with Crippen LogP contribution < -0.4 is 10.2 Å². The summed E-state index contributed by atoms with van der Waals surface area (Å²) in [6.07, 6.45) is 5.65. The predicted octanol–water partition coefficient (Wildman–Crippen LogP) is 4.14. The Kier molecular flexibility index (Phi) is 4.80. The highest BCUT2D eigenvalue weighted by molar-refractivity contribution is 6.30. The van der Waals surface area contributed by atoms with E-state index in [1.807, 2.05) is 42.5 Å². The number of H-pyrrole nitrogens is 1. The molecule has 0 radical (unpaired) electrons. The summed E-state index contributed by atoms with van der Waals surface area (Å²) >= 11 is 6.29. The van der Waals surface area contributed by atoms with E-state index in [-0.39, 0.29) is 11.8 Å². The molecule has 2 aromatic carbocycles. The maximum Gasteiger partial charge on any atom is 0.232 e. The Morgan fingerprint density at radius 3 is 3.00 bits per heavy atom. The lowest BCUT2D eigenvalue weighted by Gasteiger charge is -2.34. The van der Waals surface area contributed by atoms with Crippen LogP contribution in [-0.2, 0) is 11.3 Å². The van der Waals surface area contributed by atoms with Crippen LogP contribution in [0.5, 0.6) is 0 Å². The number of fused-ring (bicyclic) bond motifs is 2. The van der Waals surface area contributed by atoms with Crippen LogP contribution >= 0.6 is 11.6 Å². The van der Waals surface area contributed by atoms with Crippen molar-refractivity contribution >= 4 is 39.7 Å². The quantitative estimate of drug-likeness (QED) is 0.520. The van der Waals surface area contributed by atoms with E-state index in [1.54, 1.807) is 12.4 Å². The molecule has 0 aliphatic carbocycles. The first-order chi connectivity index (χ1) is 14.7. The van der Waals surface area contributed by atoms with Crippen LogP contribution in [-0.4, -0.2) is 32.6 Å². The number of nitrogens with zero attached hydrogens (tertiary/aromatic N) is 4. The van der Waals surface area contributed by atoms with Gasteiger partial charge in [0.1, 0.15) is 12.2 Å². The number of carbonyl (C=O) groups excluding carboxylic acids is 1. The molecule has 8 heteroatoms. The van der Waals surface area contributed by atoms with Gasteiger partial charge in [-0.1, -0.05) is 35.9 Å². The van der Waals surface area contributed by atoms with E-state index in [9.17, 15) is 4.79 Å². The van der Waals surface area contributed by atoms with Crippen LogP contribution in [0.3, 0.4) is 0 Å². The lowest BCUT2D eigenvalue weighted by atomic mass is 9.89. The van der Waals surface area contributed by atoms with E-state index in [0.29, 0.717) is 23.7 Å². The number of hydrogen-bond acceptors (Lipinski definition) is 5. The van der Waals surface area contributed by atoms with Gasteiger partial charge in [0.15, 0.2) is 0 Å². The fourth-order valence-corrected chi connectivity index (χ4v) is 4.19. The SMILES string of the molecule is O=C(Nc1cncc2ccccc12)[C@@H]1CCN(Cc2ncn[nH]2)c2ccc(Cl)cc21. The molecule has 3 heterocycles. The van der Waals surface area contributed by atoms with Gasteiger partial charge in [-0.15, -0.1) is 0 Å². The molecule has 1 amide bonds. The Morgan fingerprint density at radius 2 is 2.13 bits per heavy atom. The van der Waals surface area contributed by atoms with Gasteiger partial charge >= 0.3 is 0 Å². The van der Waals surface area contributed by atoms with Crippen molar-refractivity contribution in [2.45, 2.75) is 18.9 Å². The van der Waals surface area contributed by atoms with Gasteiger partial charge in [0.25, 0.3) is 0 Å². The molecule has 0 saturated heterocycles. The molecule has 150 valence electrons. The van der Waals surface area contributed by atoms with Crippen molar-refractivity contribution in [1.29, 1.82) is 0 Å². The highest BCUT2D eigenvalue weighted by Gasteiger charge is 2.31. The Hall–Kier alpha value is -3.45. The molecule has 0 unspecified atom stereocenters. The Bertz CT molecular complexity index is 1200. The molecule has 0 fully saturated rings. The van der Waals surface area contributed by atoms with Gasteiger partial charge < -0.3 is 10.2 Å². The second-order valence-electron chi connectivity index (χ2n) is 7.30. The molecule has 1 aliphatic heterocycles. The van der Waals surface area contributed by atoms with E-state index >= 15 is 0 Å². The van der Waals surface area contributed by atoms with E-state index in [4.69, 9.17) is 11.6 Å². The molecule has 5 rings (SSSR count). The molecular weight excluding hydrogens is 400 g/mol. The minimum Gasteiger partial charge on any atom is -0.364 e. The Morgan fingerprint density at radius 1 is 1.23 bits per heavy atom. The summed E-state index contributed by atoms with van der Waals surface area (Å²) in [5, 5.41) is 12.5. The molecule has 0 bridgehead atoms. The van der Waals surface area contributed by atoms with Gasteiger partial charge in [0.2, 0.25) is 5.91 Å². The number of anilines is 2. The summed E-state index contributed by atoms with van der Waals surface area (Å²) < 4.78 is 0. The maximum atomic E-state index is 13.3. The van der Waals surface area contributed by atoms with Gasteiger partial charge in [0, 0.05) is 34.2 Å². The normalized spacial score (nSPS) is 15.8. The highest BCUT2D eigenvalue weighted by atomic mass is 35.5. The first-order valence-corrected chi connectivity index (χ1v) is 10.1. The third-order valence-corrected chi connectivity index (χ3v) is 5.68. The number of amides is 1. The van der Waals surface area contributed by atoms with Crippen molar-refractivity contribution in [3.63, 3.8) is 0 Å². The summed E-state index contributed by atoms with van der Waals surface area (Å²) in [5.41, 5.74) is 2.61. The lowest BCUT2D eigenvalue weighted by Crippen LogP contribution is -2.35. The smallest absolute Gasteiger partial charge is 0.232 e. The number of pyridine rings is 1. The summed E-state index contributed by atoms with van der Waals surface area (Å²) in [4.78, 5) is 24.0. The second kappa shape index (κ2) is 7.76. The first-order valence-electron chi connectivity index (χ1n) is 9.71. The zero-order valence-corrected chi connectivity index (χ0v) is 16.8. The van der Waals surface area contributed by atoms with E-state index in [0.717, 1.165) is 34.4 Å². The van der Waals surface area contributed by atoms with Crippen molar-refractivity contribution in [3.8, 4) is 0 Å². The lowest BCUT2D eigenvalue weighted by molar-refractivity contribution is -0.117. The molecule has 2 aromatic heterocycles. The zero-order chi connectivity index (χ0) is 20.5. The number of aromatic nitrogens is 4. The average molecular weight is 419 g/mol. The first kappa shape index (κ1) is 18.6. The Labute approximate surface area is 178 Å². The van der Waals surface area contributed by atoms with Gasteiger partial charge in [-0.05, 0) is 30.2 Å². The van der Waals surface area contributed by atoms with E-state index < -0.39 is 0 Å². The fraction of sp³-hybridized carbons (Fsp3) is 0.182. The standard InChI is InChI=1S/C22H19ClN6O/c23-15-5-6-20-18(9-15)17(7-8-29(20)12-21-25-13-26-28-21)22(30)27-19-11-24-10-14-3-1-2-4-16(14)19/h1-6,9-11,13,17H,7-8,12H2,(H,27,30)(H,25,26,28)/t17-/m1/s1. The van der Waals surface area contributed by atoms with Crippen molar-refractivity contribution in [1.82, 2.24) is 20.2 Å². The van der Waals surface area contributed by atoms with E-state index in [2.05, 4.69) is 30.4 Å². The minimum absolute atomic E-state index is 0.0593. The van der Waals surface area contributed by atoms with E-state index in [1.165, 1.54) is 6.33 Å².